The van der Waals surface area contributed by atoms with Crippen LogP contribution in [0.3, 0.4) is 0 Å². The lowest BCUT2D eigenvalue weighted by molar-refractivity contribution is 0.355. The number of nitrogens with zero attached hydrogens (tertiary/aromatic N) is 2. The first-order chi connectivity index (χ1) is 12.0. The second-order valence-electron chi connectivity index (χ2n) is 5.88. The lowest BCUT2D eigenvalue weighted by Crippen LogP contribution is -2.04. The summed E-state index contributed by atoms with van der Waals surface area (Å²) in [6.45, 7) is 4.02. The highest BCUT2D eigenvalue weighted by atomic mass is 32.1. The first kappa shape index (κ1) is 17.2. The average Bonchev–Trinajstić information content (AvgIpc) is 3.18. The maximum Gasteiger partial charge on any atom is 0.161 e. The van der Waals surface area contributed by atoms with Crippen molar-refractivity contribution in [2.24, 2.45) is 0 Å². The molecule has 25 heavy (non-hydrogen) atoms. The minimum Gasteiger partial charge on any atom is -0.506 e. The van der Waals surface area contributed by atoms with Crippen molar-refractivity contribution in [2.75, 3.05) is 20.0 Å². The smallest absolute Gasteiger partial charge is 0.161 e. The van der Waals surface area contributed by atoms with Crippen LogP contribution in [-0.2, 0) is 0 Å². The molecule has 6 nitrogen and oxygen atoms in total. The van der Waals surface area contributed by atoms with Crippen LogP contribution >= 0.6 is 11.3 Å². The van der Waals surface area contributed by atoms with Gasteiger partial charge in [-0.15, -0.1) is 11.3 Å². The lowest BCUT2D eigenvalue weighted by atomic mass is 10.1. The third-order valence-electron chi connectivity index (χ3n) is 4.01. The van der Waals surface area contributed by atoms with Crippen molar-refractivity contribution in [1.29, 1.82) is 0 Å². The molecule has 0 aliphatic rings. The summed E-state index contributed by atoms with van der Waals surface area (Å²) >= 11 is 1.44. The molecule has 2 heterocycles. The van der Waals surface area contributed by atoms with Crippen molar-refractivity contribution in [3.63, 3.8) is 0 Å². The van der Waals surface area contributed by atoms with Crippen LogP contribution in [0.4, 0.5) is 5.82 Å². The van der Waals surface area contributed by atoms with Gasteiger partial charge in [0.25, 0.3) is 0 Å². The van der Waals surface area contributed by atoms with Gasteiger partial charge in [-0.3, -0.25) is 0 Å². The zero-order valence-electron chi connectivity index (χ0n) is 14.6. The number of aromatic nitrogens is 2. The van der Waals surface area contributed by atoms with Crippen LogP contribution in [0.1, 0.15) is 19.9 Å². The van der Waals surface area contributed by atoms with Crippen molar-refractivity contribution < 1.29 is 14.6 Å². The molecule has 1 aromatic carbocycles. The number of methoxy groups -OCH3 is 2. The van der Waals surface area contributed by atoms with E-state index in [0.717, 1.165) is 11.3 Å². The Morgan fingerprint density at radius 3 is 2.52 bits per heavy atom. The Morgan fingerprint density at radius 2 is 1.92 bits per heavy atom. The van der Waals surface area contributed by atoms with Gasteiger partial charge in [0.1, 0.15) is 16.6 Å². The van der Waals surface area contributed by atoms with E-state index in [1.165, 1.54) is 11.3 Å². The van der Waals surface area contributed by atoms with E-state index in [2.05, 4.69) is 4.98 Å². The first-order valence-corrected chi connectivity index (χ1v) is 8.71. The van der Waals surface area contributed by atoms with E-state index in [1.54, 1.807) is 20.4 Å². The van der Waals surface area contributed by atoms with Gasteiger partial charge in [-0.25, -0.2) is 4.98 Å². The molecule has 132 valence electrons. The van der Waals surface area contributed by atoms with Gasteiger partial charge >= 0.3 is 0 Å². The van der Waals surface area contributed by atoms with Crippen LogP contribution in [0, 0.1) is 0 Å². The van der Waals surface area contributed by atoms with Crippen molar-refractivity contribution >= 4 is 17.2 Å². The topological polar surface area (TPSA) is 82.5 Å². The summed E-state index contributed by atoms with van der Waals surface area (Å²) in [7, 11) is 3.20. The largest absolute Gasteiger partial charge is 0.506 e. The normalized spacial score (nSPS) is 11.1. The quantitative estimate of drug-likeness (QED) is 0.714. The van der Waals surface area contributed by atoms with Gasteiger partial charge in [0, 0.05) is 23.2 Å². The molecule has 0 saturated heterocycles. The number of rotatable bonds is 5. The van der Waals surface area contributed by atoms with Gasteiger partial charge in [-0.2, -0.15) is 0 Å². The Labute approximate surface area is 150 Å². The van der Waals surface area contributed by atoms with Gasteiger partial charge in [0.15, 0.2) is 11.5 Å². The lowest BCUT2D eigenvalue weighted by Gasteiger charge is -2.09. The molecule has 0 atom stereocenters. The van der Waals surface area contributed by atoms with E-state index in [0.29, 0.717) is 27.9 Å². The Bertz CT molecular complexity index is 899. The Balaban J connectivity index is 2.02. The number of aromatic hydroxyl groups is 1. The summed E-state index contributed by atoms with van der Waals surface area (Å²) in [5.41, 5.74) is 8.47. The van der Waals surface area contributed by atoms with Gasteiger partial charge in [-0.05, 0) is 32.0 Å². The van der Waals surface area contributed by atoms with E-state index >= 15 is 0 Å². The number of benzene rings is 1. The number of nitrogen functional groups attached to an aromatic ring is 1. The summed E-state index contributed by atoms with van der Waals surface area (Å²) < 4.78 is 12.4. The van der Waals surface area contributed by atoms with E-state index < -0.39 is 0 Å². The van der Waals surface area contributed by atoms with Gasteiger partial charge in [0.2, 0.25) is 0 Å². The minimum absolute atomic E-state index is 0.138. The Kier molecular flexibility index (Phi) is 4.59. The van der Waals surface area contributed by atoms with E-state index in [4.69, 9.17) is 15.2 Å². The molecule has 2 aromatic heterocycles. The minimum atomic E-state index is 0.138. The molecule has 7 heteroatoms. The van der Waals surface area contributed by atoms with Crippen LogP contribution in [0.2, 0.25) is 0 Å². The highest BCUT2D eigenvalue weighted by Gasteiger charge is 2.20. The number of anilines is 1. The first-order valence-electron chi connectivity index (χ1n) is 7.83. The molecule has 0 amide bonds. The number of nitrogens with two attached hydrogens (primary N) is 1. The maximum atomic E-state index is 10.3. The summed E-state index contributed by atoms with van der Waals surface area (Å²) in [6, 6.07) is 5.79. The fourth-order valence-electron chi connectivity index (χ4n) is 2.69. The number of hydrogen-bond acceptors (Lipinski definition) is 6. The van der Waals surface area contributed by atoms with E-state index in [9.17, 15) is 5.11 Å². The molecule has 0 aliphatic heterocycles. The van der Waals surface area contributed by atoms with Crippen molar-refractivity contribution in [3.8, 4) is 39.1 Å². The number of thiazole rings is 1. The van der Waals surface area contributed by atoms with Crippen LogP contribution in [0.5, 0.6) is 17.2 Å². The van der Waals surface area contributed by atoms with E-state index in [-0.39, 0.29) is 11.8 Å². The third-order valence-corrected chi connectivity index (χ3v) is 4.87. The third kappa shape index (κ3) is 3.02. The molecule has 3 aromatic rings. The molecule has 3 rings (SSSR count). The second kappa shape index (κ2) is 6.68. The molecule has 0 radical (unpaired) electrons. The molecule has 0 fully saturated rings. The van der Waals surface area contributed by atoms with E-state index in [1.807, 2.05) is 42.0 Å². The van der Waals surface area contributed by atoms with Gasteiger partial charge in [-0.1, -0.05) is 0 Å². The number of hydrogen-bond donors (Lipinski definition) is 2. The van der Waals surface area contributed by atoms with Crippen LogP contribution in [0.15, 0.2) is 29.8 Å². The zero-order chi connectivity index (χ0) is 18.1. The number of ether oxygens (including phenoxy) is 2. The second-order valence-corrected chi connectivity index (χ2v) is 6.74. The monoisotopic (exact) mass is 359 g/mol. The molecule has 0 saturated carbocycles. The highest BCUT2D eigenvalue weighted by Crippen LogP contribution is 2.41. The summed E-state index contributed by atoms with van der Waals surface area (Å²) in [6.07, 6.45) is 1.65. The Hall–Kier alpha value is -2.67. The van der Waals surface area contributed by atoms with Crippen LogP contribution in [0.25, 0.3) is 21.8 Å². The SMILES string of the molecule is COc1ccc(-c2csc(-c3c(O)cn(C(C)C)c3N)n2)cc1OC. The van der Waals surface area contributed by atoms with Crippen molar-refractivity contribution in [2.45, 2.75) is 19.9 Å². The summed E-state index contributed by atoms with van der Waals surface area (Å²) in [4.78, 5) is 4.64. The molecule has 0 bridgehead atoms. The fraction of sp³-hybridized carbons (Fsp3) is 0.278. The molecule has 3 N–H and O–H groups in total. The highest BCUT2D eigenvalue weighted by molar-refractivity contribution is 7.13. The maximum absolute atomic E-state index is 10.3. The molecule has 0 aliphatic carbocycles. The predicted octanol–water partition coefficient (Wildman–Crippen LogP) is 4.16. The molecular weight excluding hydrogens is 338 g/mol. The fourth-order valence-corrected chi connectivity index (χ4v) is 3.58. The Morgan fingerprint density at radius 1 is 1.20 bits per heavy atom. The molecule has 0 unspecified atom stereocenters. The zero-order valence-corrected chi connectivity index (χ0v) is 15.4. The van der Waals surface area contributed by atoms with Crippen molar-refractivity contribution in [3.05, 3.63) is 29.8 Å². The summed E-state index contributed by atoms with van der Waals surface area (Å²) in [5, 5.41) is 12.9. The summed E-state index contributed by atoms with van der Waals surface area (Å²) in [5.74, 6) is 1.96. The molecule has 0 spiro atoms. The van der Waals surface area contributed by atoms with Gasteiger partial charge in [0.05, 0.1) is 25.5 Å². The predicted molar refractivity (Wildman–Crippen MR) is 101 cm³/mol. The molecular formula is C18H21N3O3S. The van der Waals surface area contributed by atoms with Gasteiger partial charge < -0.3 is 24.9 Å². The van der Waals surface area contributed by atoms with Crippen LogP contribution in [-0.4, -0.2) is 28.9 Å². The average molecular weight is 359 g/mol. The van der Waals surface area contributed by atoms with Crippen LogP contribution < -0.4 is 15.2 Å². The standard InChI is InChI=1S/C18H21N3O3S/c1-10(2)21-8-13(22)16(17(21)19)18-20-12(9-25-18)11-5-6-14(23-3)15(7-11)24-4/h5-10,22H,19H2,1-4H3. The van der Waals surface area contributed by atoms with Crippen molar-refractivity contribution in [1.82, 2.24) is 9.55 Å².